The van der Waals surface area contributed by atoms with Gasteiger partial charge in [-0.1, -0.05) is 19.9 Å². The molecule has 0 fully saturated rings. The average Bonchev–Trinajstić information content (AvgIpc) is 2.67. The van der Waals surface area contributed by atoms with Crippen molar-refractivity contribution in [2.45, 2.75) is 33.5 Å². The second-order valence-corrected chi connectivity index (χ2v) is 4.92. The van der Waals surface area contributed by atoms with E-state index in [9.17, 15) is 9.82 Å². The van der Waals surface area contributed by atoms with E-state index in [1.165, 1.54) is 6.92 Å². The number of hydrogen-bond donors (Lipinski definition) is 1. The zero-order valence-corrected chi connectivity index (χ0v) is 10.8. The van der Waals surface area contributed by atoms with E-state index in [0.717, 1.165) is 11.0 Å². The summed E-state index contributed by atoms with van der Waals surface area (Å²) in [6.45, 7) is 5.82. The van der Waals surface area contributed by atoms with Crippen LogP contribution < -0.4 is 10.2 Å². The van der Waals surface area contributed by atoms with Gasteiger partial charge >= 0.3 is 7.12 Å². The fourth-order valence-corrected chi connectivity index (χ4v) is 2.10. The minimum atomic E-state index is -0.890. The Labute approximate surface area is 107 Å². The first-order valence-corrected chi connectivity index (χ1v) is 6.08. The SMILES string of the molecule is CC(=O)C(Oc1ccc2c(c1)B(O)OC2)C(C)C. The van der Waals surface area contributed by atoms with Crippen molar-refractivity contribution in [3.63, 3.8) is 0 Å². The smallest absolute Gasteiger partial charge is 0.482 e. The minimum Gasteiger partial charge on any atom is -0.482 e. The van der Waals surface area contributed by atoms with Crippen molar-refractivity contribution in [1.82, 2.24) is 0 Å². The van der Waals surface area contributed by atoms with Gasteiger partial charge in [-0.05, 0) is 36.0 Å². The van der Waals surface area contributed by atoms with Crippen molar-refractivity contribution < 1.29 is 19.2 Å². The highest BCUT2D eigenvalue weighted by atomic mass is 16.5. The monoisotopic (exact) mass is 248 g/mol. The maximum Gasteiger partial charge on any atom is 0.491 e. The van der Waals surface area contributed by atoms with Gasteiger partial charge in [0, 0.05) is 0 Å². The zero-order valence-electron chi connectivity index (χ0n) is 10.8. The minimum absolute atomic E-state index is 0.00213. The van der Waals surface area contributed by atoms with E-state index in [1.807, 2.05) is 19.9 Å². The number of Topliss-reactive ketones (excluding diaryl/α,β-unsaturated/α-hetero) is 1. The zero-order chi connectivity index (χ0) is 13.3. The Morgan fingerprint density at radius 1 is 1.50 bits per heavy atom. The van der Waals surface area contributed by atoms with Crippen molar-refractivity contribution in [2.75, 3.05) is 0 Å². The molecule has 96 valence electrons. The van der Waals surface area contributed by atoms with Crippen molar-refractivity contribution in [1.29, 1.82) is 0 Å². The van der Waals surface area contributed by atoms with Crippen LogP contribution in [0.1, 0.15) is 26.3 Å². The van der Waals surface area contributed by atoms with Crippen LogP contribution >= 0.6 is 0 Å². The van der Waals surface area contributed by atoms with Gasteiger partial charge in [0.1, 0.15) is 5.75 Å². The number of rotatable bonds is 4. The Morgan fingerprint density at radius 3 is 2.83 bits per heavy atom. The van der Waals surface area contributed by atoms with Crippen molar-refractivity contribution in [3.05, 3.63) is 23.8 Å². The summed E-state index contributed by atoms with van der Waals surface area (Å²) in [7, 11) is -0.890. The van der Waals surface area contributed by atoms with Gasteiger partial charge in [-0.2, -0.15) is 0 Å². The molecule has 1 aliphatic rings. The van der Waals surface area contributed by atoms with Gasteiger partial charge < -0.3 is 14.4 Å². The predicted molar refractivity (Wildman–Crippen MR) is 68.8 cm³/mol. The molecule has 4 nitrogen and oxygen atoms in total. The van der Waals surface area contributed by atoms with E-state index in [1.54, 1.807) is 12.1 Å². The number of carbonyl (C=O) groups excluding carboxylic acids is 1. The second-order valence-electron chi connectivity index (χ2n) is 4.92. The number of ether oxygens (including phenoxy) is 1. The van der Waals surface area contributed by atoms with E-state index in [2.05, 4.69) is 0 Å². The van der Waals surface area contributed by atoms with Gasteiger partial charge in [0.15, 0.2) is 11.9 Å². The first kappa shape index (κ1) is 13.1. The topological polar surface area (TPSA) is 55.8 Å². The molecule has 0 amide bonds. The van der Waals surface area contributed by atoms with E-state index < -0.39 is 13.2 Å². The molecule has 1 heterocycles. The standard InChI is InChI=1S/C13H17BO4/c1-8(2)13(9(3)15)18-11-5-4-10-7-17-14(16)12(10)6-11/h4-6,8,13,16H,7H2,1-3H3. The molecule has 1 unspecified atom stereocenters. The largest absolute Gasteiger partial charge is 0.491 e. The molecular formula is C13H17BO4. The Kier molecular flexibility index (Phi) is 3.73. The Balaban J connectivity index is 2.20. The number of fused-ring (bicyclic) bond motifs is 1. The summed E-state index contributed by atoms with van der Waals surface area (Å²) < 4.78 is 10.8. The van der Waals surface area contributed by atoms with Crippen LogP contribution in [-0.2, 0) is 16.1 Å². The predicted octanol–water partition coefficient (Wildman–Crippen LogP) is 0.897. The van der Waals surface area contributed by atoms with Gasteiger partial charge in [-0.25, -0.2) is 0 Å². The van der Waals surface area contributed by atoms with Gasteiger partial charge in [0.2, 0.25) is 0 Å². The second kappa shape index (κ2) is 5.12. The lowest BCUT2D eigenvalue weighted by Gasteiger charge is -2.20. The summed E-state index contributed by atoms with van der Waals surface area (Å²) in [6.07, 6.45) is -0.456. The van der Waals surface area contributed by atoms with Crippen LogP contribution in [0.5, 0.6) is 5.75 Å². The van der Waals surface area contributed by atoms with Crippen LogP contribution in [-0.4, -0.2) is 24.0 Å². The van der Waals surface area contributed by atoms with Crippen LogP contribution in [0.4, 0.5) is 0 Å². The van der Waals surface area contributed by atoms with Gasteiger partial charge in [-0.15, -0.1) is 0 Å². The lowest BCUT2D eigenvalue weighted by Crippen LogP contribution is -2.32. The van der Waals surface area contributed by atoms with E-state index in [0.29, 0.717) is 12.4 Å². The number of carbonyl (C=O) groups is 1. The third-order valence-electron chi connectivity index (χ3n) is 3.05. The molecule has 0 spiro atoms. The van der Waals surface area contributed by atoms with Gasteiger partial charge in [0.25, 0.3) is 0 Å². The quantitative estimate of drug-likeness (QED) is 0.804. The summed E-state index contributed by atoms with van der Waals surface area (Å²) >= 11 is 0. The Morgan fingerprint density at radius 2 is 2.22 bits per heavy atom. The number of hydrogen-bond acceptors (Lipinski definition) is 4. The highest BCUT2D eigenvalue weighted by Gasteiger charge is 2.28. The van der Waals surface area contributed by atoms with E-state index >= 15 is 0 Å². The van der Waals surface area contributed by atoms with Crippen LogP contribution in [0.2, 0.25) is 0 Å². The number of ketones is 1. The molecule has 0 bridgehead atoms. The summed E-state index contributed by atoms with van der Waals surface area (Å²) in [5.74, 6) is 0.700. The molecule has 1 atom stereocenters. The first-order valence-electron chi connectivity index (χ1n) is 6.08. The highest BCUT2D eigenvalue weighted by molar-refractivity contribution is 6.61. The molecular weight excluding hydrogens is 231 g/mol. The molecule has 1 aliphatic heterocycles. The van der Waals surface area contributed by atoms with Crippen molar-refractivity contribution >= 4 is 18.4 Å². The maximum atomic E-state index is 11.5. The first-order chi connectivity index (χ1) is 8.49. The number of benzene rings is 1. The molecule has 2 rings (SSSR count). The van der Waals surface area contributed by atoms with E-state index in [4.69, 9.17) is 9.39 Å². The van der Waals surface area contributed by atoms with Crippen LogP contribution in [0.25, 0.3) is 0 Å². The molecule has 0 aliphatic carbocycles. The molecule has 0 saturated carbocycles. The fraction of sp³-hybridized carbons (Fsp3) is 0.462. The van der Waals surface area contributed by atoms with Crippen LogP contribution in [0.15, 0.2) is 18.2 Å². The summed E-state index contributed by atoms with van der Waals surface area (Å²) in [5.41, 5.74) is 1.68. The van der Waals surface area contributed by atoms with Crippen molar-refractivity contribution in [3.8, 4) is 5.75 Å². The Hall–Kier alpha value is -1.33. The van der Waals surface area contributed by atoms with Crippen LogP contribution in [0.3, 0.4) is 0 Å². The summed E-state index contributed by atoms with van der Waals surface area (Å²) in [4.78, 5) is 11.5. The normalized spacial score (nSPS) is 15.7. The highest BCUT2D eigenvalue weighted by Crippen LogP contribution is 2.19. The molecule has 1 aromatic rings. The average molecular weight is 248 g/mol. The molecule has 0 aromatic heterocycles. The molecule has 18 heavy (non-hydrogen) atoms. The third-order valence-corrected chi connectivity index (χ3v) is 3.05. The van der Waals surface area contributed by atoms with E-state index in [-0.39, 0.29) is 11.7 Å². The molecule has 1 N–H and O–H groups in total. The summed E-state index contributed by atoms with van der Waals surface area (Å²) in [5, 5.41) is 9.61. The van der Waals surface area contributed by atoms with Crippen molar-refractivity contribution in [2.24, 2.45) is 5.92 Å². The third kappa shape index (κ3) is 2.57. The maximum absolute atomic E-state index is 11.5. The molecule has 1 aromatic carbocycles. The van der Waals surface area contributed by atoms with Gasteiger partial charge in [0.05, 0.1) is 6.61 Å². The molecule has 0 radical (unpaired) electrons. The molecule has 0 saturated heterocycles. The van der Waals surface area contributed by atoms with Gasteiger partial charge in [-0.3, -0.25) is 4.79 Å². The lowest BCUT2D eigenvalue weighted by atomic mass is 9.79. The Bertz CT molecular complexity index is 458. The van der Waals surface area contributed by atoms with Crippen LogP contribution in [0, 0.1) is 5.92 Å². The summed E-state index contributed by atoms with van der Waals surface area (Å²) in [6, 6.07) is 5.41. The molecule has 5 heteroatoms. The lowest BCUT2D eigenvalue weighted by molar-refractivity contribution is -0.125. The fourth-order valence-electron chi connectivity index (χ4n) is 2.10.